The fourth-order valence-electron chi connectivity index (χ4n) is 0.665. The molecule has 0 aliphatic carbocycles. The molecule has 1 aromatic rings. The first kappa shape index (κ1) is 16.0. The maximum atomic E-state index is 11.9. The Hall–Kier alpha value is 0.0200. The van der Waals surface area contributed by atoms with Crippen LogP contribution >= 0.6 is 37.3 Å². The molecule has 0 aliphatic rings. The van der Waals surface area contributed by atoms with Gasteiger partial charge < -0.3 is 0 Å². The van der Waals surface area contributed by atoms with E-state index in [9.17, 15) is 13.2 Å². The van der Waals surface area contributed by atoms with Crippen LogP contribution < -0.4 is 0 Å². The Labute approximate surface area is 107 Å². The molecule has 0 fully saturated rings. The lowest BCUT2D eigenvalue weighted by Gasteiger charge is -2.05. The van der Waals surface area contributed by atoms with Gasteiger partial charge in [-0.05, 0) is 18.2 Å². The van der Waals surface area contributed by atoms with E-state index in [1.165, 1.54) is 6.07 Å². The van der Waals surface area contributed by atoms with Crippen LogP contribution in [-0.4, -0.2) is 8.42 Å². The summed E-state index contributed by atoms with van der Waals surface area (Å²) in [5.74, 6) is 0. The smallest absolute Gasteiger partial charge is 0.195 e. The lowest BCUT2D eigenvalue weighted by molar-refractivity contribution is -0.137. The summed E-state index contributed by atoms with van der Waals surface area (Å²) < 4.78 is 54.6. The van der Waals surface area contributed by atoms with Gasteiger partial charge in [0.05, 0.1) is 5.56 Å². The molecule has 2 nitrogen and oxygen atoms in total. The zero-order valence-electron chi connectivity index (χ0n) is 7.30. The first-order valence-electron chi connectivity index (χ1n) is 3.47. The van der Waals surface area contributed by atoms with Crippen molar-refractivity contribution in [2.75, 3.05) is 0 Å². The highest BCUT2D eigenvalue weighted by Crippen LogP contribution is 2.30. The van der Waals surface area contributed by atoms with Gasteiger partial charge in [-0.1, -0.05) is 22.0 Å². The molecule has 1 aromatic carbocycles. The van der Waals surface area contributed by atoms with Gasteiger partial charge in [0.25, 0.3) is 0 Å². The third kappa shape index (κ3) is 9.26. The third-order valence-corrected chi connectivity index (χ3v) is 1.65. The molecular formula is C7H4BrCl2F3O2S. The molecular weight excluding hydrogens is 356 g/mol. The highest BCUT2D eigenvalue weighted by Gasteiger charge is 2.30. The summed E-state index contributed by atoms with van der Waals surface area (Å²) in [7, 11) is 4.81. The van der Waals surface area contributed by atoms with Crippen LogP contribution in [0.1, 0.15) is 5.56 Å². The zero-order valence-corrected chi connectivity index (χ0v) is 11.2. The third-order valence-electron chi connectivity index (χ3n) is 1.15. The second-order valence-corrected chi connectivity index (χ2v) is 6.97. The minimum atomic E-state index is -4.25. The SMILES string of the molecule is FC(F)(F)c1cccc(Br)c1.O=S(=O)(Cl)Cl. The van der Waals surface area contributed by atoms with Crippen LogP contribution in [0.25, 0.3) is 0 Å². The van der Waals surface area contributed by atoms with Crippen molar-refractivity contribution in [2.45, 2.75) is 6.18 Å². The van der Waals surface area contributed by atoms with E-state index in [-0.39, 0.29) is 0 Å². The van der Waals surface area contributed by atoms with Crippen molar-refractivity contribution in [2.24, 2.45) is 0 Å². The second kappa shape index (κ2) is 6.09. The average Bonchev–Trinajstić information content (AvgIpc) is 1.99. The topological polar surface area (TPSA) is 34.1 Å². The summed E-state index contributed by atoms with van der Waals surface area (Å²) in [5.41, 5.74) is -0.633. The quantitative estimate of drug-likeness (QED) is 0.651. The van der Waals surface area contributed by atoms with E-state index >= 15 is 0 Å². The lowest BCUT2D eigenvalue weighted by Crippen LogP contribution is -2.03. The van der Waals surface area contributed by atoms with Crippen molar-refractivity contribution in [3.05, 3.63) is 34.3 Å². The van der Waals surface area contributed by atoms with Gasteiger partial charge in [0.2, 0.25) is 0 Å². The van der Waals surface area contributed by atoms with E-state index in [1.54, 1.807) is 6.07 Å². The largest absolute Gasteiger partial charge is 0.416 e. The van der Waals surface area contributed by atoms with Crippen LogP contribution in [0.3, 0.4) is 0 Å². The van der Waals surface area contributed by atoms with Crippen molar-refractivity contribution in [1.29, 1.82) is 0 Å². The number of rotatable bonds is 0. The van der Waals surface area contributed by atoms with Gasteiger partial charge in [0.15, 0.2) is 0 Å². The van der Waals surface area contributed by atoms with Crippen molar-refractivity contribution in [3.63, 3.8) is 0 Å². The predicted molar refractivity (Wildman–Crippen MR) is 59.8 cm³/mol. The zero-order chi connectivity index (χ0) is 13.0. The number of alkyl halides is 3. The molecule has 0 saturated heterocycles. The molecule has 0 aliphatic heterocycles. The summed E-state index contributed by atoms with van der Waals surface area (Å²) in [6, 6.07) is 4.98. The van der Waals surface area contributed by atoms with E-state index < -0.39 is 20.0 Å². The van der Waals surface area contributed by atoms with Crippen LogP contribution in [-0.2, 0) is 14.4 Å². The molecule has 0 saturated carbocycles. The van der Waals surface area contributed by atoms with Crippen LogP contribution in [0.15, 0.2) is 28.7 Å². The number of hydrogen-bond acceptors (Lipinski definition) is 2. The summed E-state index contributed by atoms with van der Waals surface area (Å²) in [6.45, 7) is 0. The van der Waals surface area contributed by atoms with Crippen LogP contribution in [0, 0.1) is 0 Å². The molecule has 92 valence electrons. The second-order valence-electron chi connectivity index (χ2n) is 2.39. The molecule has 1 rings (SSSR count). The van der Waals surface area contributed by atoms with Crippen LogP contribution in [0.2, 0.25) is 0 Å². The van der Waals surface area contributed by atoms with Crippen molar-refractivity contribution < 1.29 is 21.6 Å². The highest BCUT2D eigenvalue weighted by atomic mass is 79.9. The Morgan fingerprint density at radius 2 is 1.62 bits per heavy atom. The maximum Gasteiger partial charge on any atom is 0.416 e. The van der Waals surface area contributed by atoms with Gasteiger partial charge >= 0.3 is 14.4 Å². The Balaban J connectivity index is 0.000000385. The van der Waals surface area contributed by atoms with Crippen LogP contribution in [0.5, 0.6) is 0 Å². The summed E-state index contributed by atoms with van der Waals surface area (Å²) in [4.78, 5) is 0. The summed E-state index contributed by atoms with van der Waals surface area (Å²) in [6.07, 6.45) is -4.25. The molecule has 0 heterocycles. The van der Waals surface area contributed by atoms with Crippen molar-refractivity contribution >= 4 is 45.6 Å². The first-order chi connectivity index (χ1) is 7.00. The van der Waals surface area contributed by atoms with Gasteiger partial charge in [-0.3, -0.25) is 0 Å². The Morgan fingerprint density at radius 3 is 1.88 bits per heavy atom. The van der Waals surface area contributed by atoms with E-state index in [4.69, 9.17) is 8.42 Å². The number of benzene rings is 1. The molecule has 16 heavy (non-hydrogen) atoms. The fourth-order valence-corrected chi connectivity index (χ4v) is 1.06. The van der Waals surface area contributed by atoms with E-state index in [1.807, 2.05) is 0 Å². The highest BCUT2D eigenvalue weighted by molar-refractivity contribution is 9.10. The molecule has 0 spiro atoms. The standard InChI is InChI=1S/C7H4BrF3.Cl2O2S/c8-6-3-1-2-5(4-6)7(9,10)11;1-5(2,3)4/h1-4H;. The Morgan fingerprint density at radius 1 is 1.19 bits per heavy atom. The molecule has 0 radical (unpaired) electrons. The first-order valence-corrected chi connectivity index (χ1v) is 7.40. The predicted octanol–water partition coefficient (Wildman–Crippen LogP) is 4.18. The summed E-state index contributed by atoms with van der Waals surface area (Å²) >= 11 is 2.95. The summed E-state index contributed by atoms with van der Waals surface area (Å²) in [5, 5.41) is 0. The molecule has 0 aromatic heterocycles. The van der Waals surface area contributed by atoms with Gasteiger partial charge in [0, 0.05) is 25.8 Å². The minimum absolute atomic E-state index is 0.437. The Kier molecular flexibility index (Phi) is 6.10. The number of hydrogen-bond donors (Lipinski definition) is 0. The van der Waals surface area contributed by atoms with Gasteiger partial charge in [-0.25, -0.2) is 0 Å². The van der Waals surface area contributed by atoms with Gasteiger partial charge in [-0.2, -0.15) is 21.6 Å². The van der Waals surface area contributed by atoms with Crippen molar-refractivity contribution in [1.82, 2.24) is 0 Å². The molecule has 9 heteroatoms. The molecule has 0 unspecified atom stereocenters. The average molecular weight is 360 g/mol. The lowest BCUT2D eigenvalue weighted by atomic mass is 10.2. The Bertz CT molecular complexity index is 439. The number of halogens is 6. The van der Waals surface area contributed by atoms with E-state index in [2.05, 4.69) is 37.3 Å². The van der Waals surface area contributed by atoms with Gasteiger partial charge in [-0.15, -0.1) is 0 Å². The maximum absolute atomic E-state index is 11.9. The van der Waals surface area contributed by atoms with E-state index in [0.29, 0.717) is 4.47 Å². The molecule has 0 bridgehead atoms. The van der Waals surface area contributed by atoms with Crippen LogP contribution in [0.4, 0.5) is 13.2 Å². The normalized spacial score (nSPS) is 11.6. The molecule has 0 amide bonds. The monoisotopic (exact) mass is 358 g/mol. The molecule has 0 N–H and O–H groups in total. The van der Waals surface area contributed by atoms with E-state index in [0.717, 1.165) is 12.1 Å². The fraction of sp³-hybridized carbons (Fsp3) is 0.143. The minimum Gasteiger partial charge on any atom is -0.195 e. The molecule has 0 atom stereocenters. The van der Waals surface area contributed by atoms with Gasteiger partial charge in [0.1, 0.15) is 0 Å². The van der Waals surface area contributed by atoms with Crippen molar-refractivity contribution in [3.8, 4) is 0 Å².